The molecule has 0 radical (unpaired) electrons. The van der Waals surface area contributed by atoms with Crippen LogP contribution in [0.5, 0.6) is 0 Å². The first kappa shape index (κ1) is 22.9. The number of amides is 1. The number of methoxy groups -OCH3 is 1. The third-order valence-electron chi connectivity index (χ3n) is 5.38. The molecule has 2 aromatic carbocycles. The van der Waals surface area contributed by atoms with Crippen LogP contribution in [0.1, 0.15) is 27.9 Å². The smallest absolute Gasteiger partial charge is 0.253 e. The Morgan fingerprint density at radius 2 is 1.74 bits per heavy atom. The van der Waals surface area contributed by atoms with Gasteiger partial charge in [-0.2, -0.15) is 5.26 Å². The molecule has 1 heterocycles. The topological polar surface area (TPSA) is 90.7 Å². The molecule has 0 saturated carbocycles. The van der Waals surface area contributed by atoms with Crippen molar-refractivity contribution in [2.24, 2.45) is 0 Å². The van der Waals surface area contributed by atoms with Crippen LogP contribution in [0.2, 0.25) is 0 Å². The molecular weight excluding hydrogens is 414 g/mol. The van der Waals surface area contributed by atoms with Crippen LogP contribution in [-0.4, -0.2) is 69.8 Å². The minimum absolute atomic E-state index is 0.0823. The maximum Gasteiger partial charge on any atom is 0.253 e. The third kappa shape index (κ3) is 6.14. The van der Waals surface area contributed by atoms with Gasteiger partial charge in [0.25, 0.3) is 5.91 Å². The number of carbonyl (C=O) groups is 1. The highest BCUT2D eigenvalue weighted by Crippen LogP contribution is 2.16. The maximum absolute atomic E-state index is 12.9. The van der Waals surface area contributed by atoms with Crippen LogP contribution < -0.4 is 0 Å². The van der Waals surface area contributed by atoms with E-state index in [9.17, 15) is 13.2 Å². The van der Waals surface area contributed by atoms with Gasteiger partial charge in [0, 0.05) is 45.4 Å². The molecule has 0 atom stereocenters. The van der Waals surface area contributed by atoms with Gasteiger partial charge < -0.3 is 9.64 Å². The maximum atomic E-state index is 12.9. The second kappa shape index (κ2) is 10.5. The van der Waals surface area contributed by atoms with Crippen LogP contribution in [0, 0.1) is 11.3 Å². The molecule has 1 saturated heterocycles. The highest BCUT2D eigenvalue weighted by atomic mass is 32.2. The van der Waals surface area contributed by atoms with Crippen molar-refractivity contribution in [3.8, 4) is 6.07 Å². The fourth-order valence-electron chi connectivity index (χ4n) is 3.57. The Hall–Kier alpha value is -2.73. The van der Waals surface area contributed by atoms with Crippen molar-refractivity contribution in [3.05, 3.63) is 65.2 Å². The molecule has 1 fully saturated rings. The van der Waals surface area contributed by atoms with Crippen molar-refractivity contribution in [2.75, 3.05) is 45.6 Å². The first-order valence-electron chi connectivity index (χ1n) is 10.3. The predicted molar refractivity (Wildman–Crippen MR) is 117 cm³/mol. The summed E-state index contributed by atoms with van der Waals surface area (Å²) in [4.78, 5) is 17.3. The number of sulfone groups is 1. The molecule has 0 aliphatic carbocycles. The lowest BCUT2D eigenvalue weighted by molar-refractivity contribution is 0.0761. The molecule has 164 valence electrons. The lowest BCUT2D eigenvalue weighted by atomic mass is 10.1. The molecule has 8 heteroatoms. The molecule has 0 bridgehead atoms. The lowest BCUT2D eigenvalue weighted by Crippen LogP contribution is -2.35. The Kier molecular flexibility index (Phi) is 7.80. The summed E-state index contributed by atoms with van der Waals surface area (Å²) in [5, 5.41) is 8.92. The molecule has 0 spiro atoms. The molecule has 1 amide bonds. The van der Waals surface area contributed by atoms with Gasteiger partial charge in [0.15, 0.2) is 9.84 Å². The normalized spacial score (nSPS) is 15.3. The summed E-state index contributed by atoms with van der Waals surface area (Å²) in [5.74, 6) is -0.168. The van der Waals surface area contributed by atoms with E-state index in [1.807, 2.05) is 29.2 Å². The average molecular weight is 442 g/mol. The summed E-state index contributed by atoms with van der Waals surface area (Å²) >= 11 is 0. The second-order valence-electron chi connectivity index (χ2n) is 7.57. The lowest BCUT2D eigenvalue weighted by Gasteiger charge is -2.22. The van der Waals surface area contributed by atoms with E-state index in [4.69, 9.17) is 10.00 Å². The van der Waals surface area contributed by atoms with Crippen molar-refractivity contribution < 1.29 is 17.9 Å². The molecule has 31 heavy (non-hydrogen) atoms. The van der Waals surface area contributed by atoms with E-state index in [0.29, 0.717) is 24.2 Å². The summed E-state index contributed by atoms with van der Waals surface area (Å²) in [6.07, 6.45) is 0.867. The quantitative estimate of drug-likeness (QED) is 0.655. The molecule has 0 N–H and O–H groups in total. The minimum Gasteiger partial charge on any atom is -0.384 e. The largest absolute Gasteiger partial charge is 0.384 e. The van der Waals surface area contributed by atoms with Gasteiger partial charge in [-0.1, -0.05) is 12.1 Å². The number of rotatable bonds is 7. The SMILES string of the molecule is COCCS(=O)(=O)c1ccc(C(=O)N2CCCN(Cc3ccc(C#N)cc3)CC2)cc1. The van der Waals surface area contributed by atoms with E-state index in [1.165, 1.54) is 19.2 Å². The summed E-state index contributed by atoms with van der Waals surface area (Å²) in [6, 6.07) is 15.9. The van der Waals surface area contributed by atoms with Crippen LogP contribution in [0.15, 0.2) is 53.4 Å². The summed E-state index contributed by atoms with van der Waals surface area (Å²) in [7, 11) is -1.95. The predicted octanol–water partition coefficient (Wildman–Crippen LogP) is 2.33. The fraction of sp³-hybridized carbons (Fsp3) is 0.391. The van der Waals surface area contributed by atoms with Gasteiger partial charge in [0.2, 0.25) is 0 Å². The third-order valence-corrected chi connectivity index (χ3v) is 7.08. The van der Waals surface area contributed by atoms with Crippen LogP contribution in [0.4, 0.5) is 0 Å². The van der Waals surface area contributed by atoms with Gasteiger partial charge in [0.05, 0.1) is 28.9 Å². The van der Waals surface area contributed by atoms with E-state index in [-0.39, 0.29) is 23.2 Å². The molecular formula is C23H27N3O4S. The first-order chi connectivity index (χ1) is 14.9. The highest BCUT2D eigenvalue weighted by molar-refractivity contribution is 7.91. The van der Waals surface area contributed by atoms with Gasteiger partial charge in [-0.3, -0.25) is 9.69 Å². The number of nitrogens with zero attached hydrogens (tertiary/aromatic N) is 3. The van der Waals surface area contributed by atoms with Crippen molar-refractivity contribution in [1.82, 2.24) is 9.80 Å². The molecule has 1 aliphatic rings. The Labute approximate surface area is 183 Å². The van der Waals surface area contributed by atoms with Crippen LogP contribution in [0.3, 0.4) is 0 Å². The molecule has 3 rings (SSSR count). The van der Waals surface area contributed by atoms with Crippen molar-refractivity contribution in [2.45, 2.75) is 17.9 Å². The van der Waals surface area contributed by atoms with E-state index < -0.39 is 9.84 Å². The van der Waals surface area contributed by atoms with Gasteiger partial charge >= 0.3 is 0 Å². The zero-order chi connectivity index (χ0) is 22.3. The Morgan fingerprint density at radius 3 is 2.39 bits per heavy atom. The molecule has 2 aromatic rings. The second-order valence-corrected chi connectivity index (χ2v) is 9.68. The van der Waals surface area contributed by atoms with E-state index >= 15 is 0 Å². The average Bonchev–Trinajstić information content (AvgIpc) is 3.03. The monoisotopic (exact) mass is 441 g/mol. The Bertz CT molecular complexity index is 1030. The Morgan fingerprint density at radius 1 is 1.03 bits per heavy atom. The van der Waals surface area contributed by atoms with Crippen molar-refractivity contribution in [1.29, 1.82) is 5.26 Å². The van der Waals surface area contributed by atoms with E-state index in [1.54, 1.807) is 12.1 Å². The van der Waals surface area contributed by atoms with Gasteiger partial charge in [-0.05, 0) is 48.4 Å². The van der Waals surface area contributed by atoms with Crippen molar-refractivity contribution >= 4 is 15.7 Å². The molecule has 0 unspecified atom stereocenters. The molecule has 1 aliphatic heterocycles. The van der Waals surface area contributed by atoms with Gasteiger partial charge in [-0.15, -0.1) is 0 Å². The molecule has 7 nitrogen and oxygen atoms in total. The van der Waals surface area contributed by atoms with Crippen molar-refractivity contribution in [3.63, 3.8) is 0 Å². The number of hydrogen-bond acceptors (Lipinski definition) is 6. The molecule has 0 aromatic heterocycles. The van der Waals surface area contributed by atoms with E-state index in [2.05, 4.69) is 11.0 Å². The Balaban J connectivity index is 1.59. The minimum atomic E-state index is -3.41. The zero-order valence-electron chi connectivity index (χ0n) is 17.7. The number of carbonyl (C=O) groups excluding carboxylic acids is 1. The standard InChI is InChI=1S/C23H27N3O4S/c1-30-15-16-31(28,29)22-9-7-21(8-10-22)23(27)26-12-2-11-25(13-14-26)18-20-5-3-19(17-24)4-6-20/h3-10H,2,11-16,18H2,1H3. The van der Waals surface area contributed by atoms with Gasteiger partial charge in [-0.25, -0.2) is 8.42 Å². The summed E-state index contributed by atoms with van der Waals surface area (Å²) < 4.78 is 29.3. The van der Waals surface area contributed by atoms with Gasteiger partial charge in [0.1, 0.15) is 0 Å². The number of ether oxygens (including phenoxy) is 1. The number of hydrogen-bond donors (Lipinski definition) is 0. The number of nitriles is 1. The zero-order valence-corrected chi connectivity index (χ0v) is 18.5. The highest BCUT2D eigenvalue weighted by Gasteiger charge is 2.21. The van der Waals surface area contributed by atoms with E-state index in [0.717, 1.165) is 31.6 Å². The number of benzene rings is 2. The van der Waals surface area contributed by atoms with Crippen LogP contribution in [-0.2, 0) is 21.1 Å². The first-order valence-corrected chi connectivity index (χ1v) is 11.9. The summed E-state index contributed by atoms with van der Waals surface area (Å²) in [5.41, 5.74) is 2.28. The van der Waals surface area contributed by atoms with Crippen LogP contribution >= 0.6 is 0 Å². The fourth-order valence-corrected chi connectivity index (χ4v) is 4.75. The summed E-state index contributed by atoms with van der Waals surface area (Å²) in [6.45, 7) is 3.84. The van der Waals surface area contributed by atoms with Crippen LogP contribution in [0.25, 0.3) is 0 Å².